The van der Waals surface area contributed by atoms with Crippen LogP contribution in [-0.2, 0) is 30.3 Å². The molecule has 8 heteroatoms. The molecule has 1 aliphatic heterocycles. The number of hydrogen-bond acceptors (Lipinski definition) is 6. The van der Waals surface area contributed by atoms with E-state index in [1.54, 1.807) is 0 Å². The summed E-state index contributed by atoms with van der Waals surface area (Å²) in [5, 5.41) is 14.5. The minimum absolute atomic E-state index is 0.0518. The van der Waals surface area contributed by atoms with E-state index in [0.717, 1.165) is 24.8 Å². The van der Waals surface area contributed by atoms with E-state index in [4.69, 9.17) is 14.6 Å². The van der Waals surface area contributed by atoms with Crippen LogP contribution in [0.15, 0.2) is 42.5 Å². The standard InChI is InChI=1S/C28H42N2O6/c1-21(2)25-20-36-28(34)24(18-22-10-6-5-7-11-22)13-9-4-3-8-12-23(27(33)30-25)19-26(32)29-14-16-35-17-15-31/h3,5-8,10-11,21,23-25,31H,4,9,12-20H2,1-2H3,(H,29,32)(H,30,33)/t23-,24-,25-/m1/s1. The number of esters is 1. The molecule has 36 heavy (non-hydrogen) atoms. The molecule has 1 aromatic rings. The maximum atomic E-state index is 13.1. The molecular weight excluding hydrogens is 460 g/mol. The van der Waals surface area contributed by atoms with Crippen molar-refractivity contribution in [1.82, 2.24) is 10.6 Å². The molecule has 1 aromatic carbocycles. The Morgan fingerprint density at radius 3 is 2.67 bits per heavy atom. The monoisotopic (exact) mass is 502 g/mol. The first kappa shape index (κ1) is 29.5. The Labute approximate surface area is 214 Å². The van der Waals surface area contributed by atoms with Gasteiger partial charge in [0.1, 0.15) is 6.61 Å². The minimum atomic E-state index is -0.523. The molecular formula is C28H42N2O6. The Morgan fingerprint density at radius 1 is 1.17 bits per heavy atom. The summed E-state index contributed by atoms with van der Waals surface area (Å²) < 4.78 is 10.9. The smallest absolute Gasteiger partial charge is 0.309 e. The summed E-state index contributed by atoms with van der Waals surface area (Å²) in [6.07, 6.45) is 7.47. The van der Waals surface area contributed by atoms with Crippen LogP contribution in [-0.4, -0.2) is 61.9 Å². The second-order valence-corrected chi connectivity index (χ2v) is 9.60. The van der Waals surface area contributed by atoms with E-state index in [-0.39, 0.29) is 61.9 Å². The number of hydrogen-bond donors (Lipinski definition) is 3. The zero-order valence-electron chi connectivity index (χ0n) is 21.6. The number of aliphatic hydroxyl groups is 1. The number of carbonyl (C=O) groups excluding carboxylic acids is 3. The molecule has 0 saturated carbocycles. The summed E-state index contributed by atoms with van der Waals surface area (Å²) in [5.74, 6) is -1.39. The normalized spacial score (nSPS) is 21.9. The molecule has 1 heterocycles. The van der Waals surface area contributed by atoms with E-state index in [1.807, 2.05) is 56.3 Å². The highest BCUT2D eigenvalue weighted by Crippen LogP contribution is 2.20. The molecule has 0 bridgehead atoms. The first-order valence-corrected chi connectivity index (χ1v) is 13.0. The molecule has 3 N–H and O–H groups in total. The van der Waals surface area contributed by atoms with Gasteiger partial charge in [0.15, 0.2) is 0 Å². The maximum Gasteiger partial charge on any atom is 0.309 e. The van der Waals surface area contributed by atoms with E-state index in [9.17, 15) is 14.4 Å². The van der Waals surface area contributed by atoms with Gasteiger partial charge in [-0.3, -0.25) is 14.4 Å². The largest absolute Gasteiger partial charge is 0.463 e. The Morgan fingerprint density at radius 2 is 1.94 bits per heavy atom. The van der Waals surface area contributed by atoms with Crippen molar-refractivity contribution in [2.45, 2.75) is 58.4 Å². The van der Waals surface area contributed by atoms with Crippen LogP contribution >= 0.6 is 0 Å². The number of rotatable bonds is 10. The lowest BCUT2D eigenvalue weighted by Gasteiger charge is -2.26. The van der Waals surface area contributed by atoms with E-state index in [0.29, 0.717) is 26.0 Å². The van der Waals surface area contributed by atoms with Gasteiger partial charge in [-0.25, -0.2) is 0 Å². The third kappa shape index (κ3) is 11.4. The summed E-state index contributed by atoms with van der Waals surface area (Å²) >= 11 is 0. The van der Waals surface area contributed by atoms with Gasteiger partial charge in [0.05, 0.1) is 37.7 Å². The van der Waals surface area contributed by atoms with Crippen LogP contribution in [0.25, 0.3) is 0 Å². The number of carbonyl (C=O) groups is 3. The fourth-order valence-electron chi connectivity index (χ4n) is 4.06. The fourth-order valence-corrected chi connectivity index (χ4v) is 4.06. The fraction of sp³-hybridized carbons (Fsp3) is 0.607. The van der Waals surface area contributed by atoms with E-state index < -0.39 is 5.92 Å². The van der Waals surface area contributed by atoms with Crippen LogP contribution in [0.4, 0.5) is 0 Å². The third-order valence-electron chi connectivity index (χ3n) is 6.31. The highest BCUT2D eigenvalue weighted by Gasteiger charge is 2.27. The van der Waals surface area contributed by atoms with Gasteiger partial charge in [0, 0.05) is 13.0 Å². The average molecular weight is 503 g/mol. The van der Waals surface area contributed by atoms with Crippen molar-refractivity contribution in [3.8, 4) is 0 Å². The zero-order chi connectivity index (χ0) is 26.2. The molecule has 3 atom stereocenters. The zero-order valence-corrected chi connectivity index (χ0v) is 21.6. The van der Waals surface area contributed by atoms with Gasteiger partial charge in [-0.15, -0.1) is 0 Å². The number of allylic oxidation sites excluding steroid dienone is 2. The first-order chi connectivity index (χ1) is 17.4. The van der Waals surface area contributed by atoms with Crippen LogP contribution in [0.1, 0.15) is 51.5 Å². The molecule has 1 aliphatic rings. The molecule has 200 valence electrons. The summed E-state index contributed by atoms with van der Waals surface area (Å²) in [6.45, 7) is 4.81. The van der Waals surface area contributed by atoms with Crippen molar-refractivity contribution in [3.63, 3.8) is 0 Å². The van der Waals surface area contributed by atoms with Crippen LogP contribution in [0.2, 0.25) is 0 Å². The Hall–Kier alpha value is -2.71. The van der Waals surface area contributed by atoms with E-state index in [2.05, 4.69) is 10.6 Å². The Balaban J connectivity index is 2.04. The van der Waals surface area contributed by atoms with Gasteiger partial charge in [-0.1, -0.05) is 56.3 Å². The van der Waals surface area contributed by atoms with Gasteiger partial charge < -0.3 is 25.2 Å². The van der Waals surface area contributed by atoms with Gasteiger partial charge >= 0.3 is 5.97 Å². The van der Waals surface area contributed by atoms with Crippen LogP contribution in [0, 0.1) is 17.8 Å². The highest BCUT2D eigenvalue weighted by molar-refractivity contribution is 5.86. The van der Waals surface area contributed by atoms with Crippen molar-refractivity contribution in [1.29, 1.82) is 0 Å². The number of amides is 2. The van der Waals surface area contributed by atoms with Crippen LogP contribution in [0.5, 0.6) is 0 Å². The topological polar surface area (TPSA) is 114 Å². The average Bonchev–Trinajstić information content (AvgIpc) is 2.86. The third-order valence-corrected chi connectivity index (χ3v) is 6.31. The van der Waals surface area contributed by atoms with Crippen molar-refractivity contribution in [2.24, 2.45) is 17.8 Å². The molecule has 0 spiro atoms. The molecule has 2 rings (SSSR count). The highest BCUT2D eigenvalue weighted by atomic mass is 16.5. The first-order valence-electron chi connectivity index (χ1n) is 13.0. The minimum Gasteiger partial charge on any atom is -0.463 e. The van der Waals surface area contributed by atoms with Gasteiger partial charge in [-0.2, -0.15) is 0 Å². The molecule has 0 unspecified atom stereocenters. The summed E-state index contributed by atoms with van der Waals surface area (Å²) in [5.41, 5.74) is 1.10. The predicted octanol–water partition coefficient (Wildman–Crippen LogP) is 2.79. The molecule has 8 nitrogen and oxygen atoms in total. The Bertz CT molecular complexity index is 827. The number of ether oxygens (including phenoxy) is 2. The second-order valence-electron chi connectivity index (χ2n) is 9.60. The van der Waals surface area contributed by atoms with Crippen LogP contribution < -0.4 is 10.6 Å². The number of cyclic esters (lactones) is 1. The predicted molar refractivity (Wildman–Crippen MR) is 138 cm³/mol. The lowest BCUT2D eigenvalue weighted by atomic mass is 9.93. The number of nitrogens with one attached hydrogen (secondary N) is 2. The van der Waals surface area contributed by atoms with Gasteiger partial charge in [-0.05, 0) is 43.6 Å². The van der Waals surface area contributed by atoms with Crippen molar-refractivity contribution in [2.75, 3.05) is 33.0 Å². The molecule has 0 fully saturated rings. The van der Waals surface area contributed by atoms with E-state index >= 15 is 0 Å². The lowest BCUT2D eigenvalue weighted by molar-refractivity contribution is -0.150. The van der Waals surface area contributed by atoms with Crippen molar-refractivity contribution < 1.29 is 29.0 Å². The summed E-state index contributed by atoms with van der Waals surface area (Å²) in [6, 6.07) is 9.60. The number of benzene rings is 1. The summed E-state index contributed by atoms with van der Waals surface area (Å²) in [7, 11) is 0. The summed E-state index contributed by atoms with van der Waals surface area (Å²) in [4.78, 5) is 38.5. The van der Waals surface area contributed by atoms with E-state index in [1.165, 1.54) is 0 Å². The number of aliphatic hydroxyl groups excluding tert-OH is 1. The van der Waals surface area contributed by atoms with Crippen molar-refractivity contribution >= 4 is 17.8 Å². The van der Waals surface area contributed by atoms with Gasteiger partial charge in [0.2, 0.25) is 11.8 Å². The molecule has 0 aliphatic carbocycles. The SMILES string of the molecule is CC(C)[C@H]1COC(=O)[C@@H](Cc2ccccc2)CCCC=CC[C@H](CC(=O)NCCOCCO)C(=O)N1. The Kier molecular flexibility index (Phi) is 13.8. The second kappa shape index (κ2) is 16.9. The van der Waals surface area contributed by atoms with Crippen molar-refractivity contribution in [3.05, 3.63) is 48.0 Å². The lowest BCUT2D eigenvalue weighted by Crippen LogP contribution is -2.46. The van der Waals surface area contributed by atoms with Crippen LogP contribution in [0.3, 0.4) is 0 Å². The molecule has 2 amide bonds. The van der Waals surface area contributed by atoms with Gasteiger partial charge in [0.25, 0.3) is 0 Å². The molecule has 0 aromatic heterocycles. The maximum absolute atomic E-state index is 13.1. The molecule has 0 saturated heterocycles. The molecule has 0 radical (unpaired) electrons. The quantitative estimate of drug-likeness (QED) is 0.258.